The lowest BCUT2D eigenvalue weighted by atomic mass is 10.1. The first-order valence-corrected chi connectivity index (χ1v) is 6.20. The molecule has 0 saturated carbocycles. The topological polar surface area (TPSA) is 97.1 Å². The van der Waals surface area contributed by atoms with Crippen molar-refractivity contribution in [1.82, 2.24) is 20.3 Å². The molecule has 7 nitrogen and oxygen atoms in total. The molecule has 110 valence electrons. The fourth-order valence-electron chi connectivity index (χ4n) is 1.71. The molecule has 0 spiro atoms. The van der Waals surface area contributed by atoms with Crippen LogP contribution < -0.4 is 5.32 Å². The van der Waals surface area contributed by atoms with Gasteiger partial charge in [-0.1, -0.05) is 23.4 Å². The minimum absolute atomic E-state index is 0.141. The van der Waals surface area contributed by atoms with Crippen LogP contribution in [-0.2, 0) is 17.8 Å². The van der Waals surface area contributed by atoms with Gasteiger partial charge in [0.15, 0.2) is 5.69 Å². The van der Waals surface area contributed by atoms with Gasteiger partial charge in [-0.05, 0) is 18.1 Å². The lowest BCUT2D eigenvalue weighted by molar-refractivity contribution is -0.121. The second-order valence-electron chi connectivity index (χ2n) is 4.30. The molecule has 2 N–H and O–H groups in total. The fraction of sp³-hybridized carbons (Fsp3) is 0.231. The first-order chi connectivity index (χ1) is 10.1. The second kappa shape index (κ2) is 6.60. The number of carbonyl (C=O) groups excluding carboxylic acids is 1. The Morgan fingerprint density at radius 1 is 1.33 bits per heavy atom. The van der Waals surface area contributed by atoms with Gasteiger partial charge < -0.3 is 10.4 Å². The van der Waals surface area contributed by atoms with Crippen molar-refractivity contribution in [3.05, 3.63) is 47.5 Å². The van der Waals surface area contributed by atoms with Crippen molar-refractivity contribution >= 4 is 11.9 Å². The number of aromatic nitrogens is 3. The summed E-state index contributed by atoms with van der Waals surface area (Å²) in [4.78, 5) is 22.2. The normalized spacial score (nSPS) is 10.3. The number of carboxylic acid groups (broad SMARTS) is 1. The highest BCUT2D eigenvalue weighted by atomic mass is 19.1. The van der Waals surface area contributed by atoms with E-state index in [0.717, 1.165) is 4.68 Å². The lowest BCUT2D eigenvalue weighted by Crippen LogP contribution is -2.29. The number of carbonyl (C=O) groups is 2. The maximum Gasteiger partial charge on any atom is 0.358 e. The van der Waals surface area contributed by atoms with Gasteiger partial charge in [-0.2, -0.15) is 0 Å². The van der Waals surface area contributed by atoms with Crippen LogP contribution in [0.25, 0.3) is 0 Å². The Morgan fingerprint density at radius 3 is 2.76 bits per heavy atom. The second-order valence-corrected chi connectivity index (χ2v) is 4.30. The molecule has 0 unspecified atom stereocenters. The van der Waals surface area contributed by atoms with E-state index in [1.54, 1.807) is 18.2 Å². The summed E-state index contributed by atoms with van der Waals surface area (Å²) in [6.45, 7) is 0.137. The number of aromatic carboxylic acids is 1. The lowest BCUT2D eigenvalue weighted by Gasteiger charge is -2.05. The van der Waals surface area contributed by atoms with E-state index in [1.165, 1.54) is 12.3 Å². The standard InChI is InChI=1S/C13H13FN4O3/c14-10-4-2-1-3-9(10)5-6-15-12(19)8-18-7-11(13(20)21)16-17-18/h1-4,7H,5-6,8H2,(H,15,19)(H,20,21). The Hall–Kier alpha value is -2.77. The quantitative estimate of drug-likeness (QED) is 0.807. The average molecular weight is 292 g/mol. The molecule has 1 amide bonds. The highest BCUT2D eigenvalue weighted by molar-refractivity contribution is 5.84. The minimum atomic E-state index is -1.21. The van der Waals surface area contributed by atoms with Crippen LogP contribution in [0, 0.1) is 5.82 Å². The number of halogens is 1. The molecule has 0 aliphatic carbocycles. The largest absolute Gasteiger partial charge is 0.476 e. The fourth-order valence-corrected chi connectivity index (χ4v) is 1.71. The zero-order chi connectivity index (χ0) is 15.2. The van der Waals surface area contributed by atoms with Gasteiger partial charge in [0.25, 0.3) is 0 Å². The van der Waals surface area contributed by atoms with Crippen LogP contribution >= 0.6 is 0 Å². The van der Waals surface area contributed by atoms with E-state index in [0.29, 0.717) is 12.0 Å². The van der Waals surface area contributed by atoms with Crippen LogP contribution in [0.3, 0.4) is 0 Å². The van der Waals surface area contributed by atoms with Crippen LogP contribution in [0.2, 0.25) is 0 Å². The summed E-state index contributed by atoms with van der Waals surface area (Å²) in [5.74, 6) is -1.87. The smallest absolute Gasteiger partial charge is 0.358 e. The molecule has 2 aromatic rings. The van der Waals surface area contributed by atoms with Gasteiger partial charge in [-0.15, -0.1) is 5.10 Å². The summed E-state index contributed by atoms with van der Waals surface area (Å²) in [6.07, 6.45) is 1.54. The molecule has 0 atom stereocenters. The summed E-state index contributed by atoms with van der Waals surface area (Å²) in [7, 11) is 0. The zero-order valence-electron chi connectivity index (χ0n) is 11.0. The molecule has 0 bridgehead atoms. The molecule has 1 heterocycles. The number of amides is 1. The summed E-state index contributed by atoms with van der Waals surface area (Å²) in [5.41, 5.74) is 0.292. The van der Waals surface area contributed by atoms with Crippen LogP contribution in [0.5, 0.6) is 0 Å². The van der Waals surface area contributed by atoms with Crippen molar-refractivity contribution in [3.63, 3.8) is 0 Å². The van der Waals surface area contributed by atoms with E-state index in [-0.39, 0.29) is 30.5 Å². The van der Waals surface area contributed by atoms with E-state index in [2.05, 4.69) is 15.6 Å². The number of hydrogen-bond donors (Lipinski definition) is 2. The van der Waals surface area contributed by atoms with E-state index in [9.17, 15) is 14.0 Å². The Bertz CT molecular complexity index is 656. The van der Waals surface area contributed by atoms with Gasteiger partial charge in [0.2, 0.25) is 5.91 Å². The maximum atomic E-state index is 13.3. The van der Waals surface area contributed by atoms with E-state index < -0.39 is 5.97 Å². The highest BCUT2D eigenvalue weighted by Gasteiger charge is 2.10. The van der Waals surface area contributed by atoms with Gasteiger partial charge in [0, 0.05) is 6.54 Å². The van der Waals surface area contributed by atoms with E-state index in [1.807, 2.05) is 0 Å². The van der Waals surface area contributed by atoms with Gasteiger partial charge in [-0.3, -0.25) is 4.79 Å². The third-order valence-corrected chi connectivity index (χ3v) is 2.74. The first kappa shape index (κ1) is 14.6. The first-order valence-electron chi connectivity index (χ1n) is 6.20. The molecule has 0 radical (unpaired) electrons. The SMILES string of the molecule is O=C(Cn1cc(C(=O)O)nn1)NCCc1ccccc1F. The van der Waals surface area contributed by atoms with Crippen LogP contribution in [0.1, 0.15) is 16.1 Å². The number of rotatable bonds is 6. The molecular formula is C13H13FN4O3. The molecule has 0 aliphatic rings. The van der Waals surface area contributed by atoms with Crippen molar-refractivity contribution in [1.29, 1.82) is 0 Å². The molecule has 2 rings (SSSR count). The predicted molar refractivity (Wildman–Crippen MR) is 70.1 cm³/mol. The number of nitrogens with zero attached hydrogens (tertiary/aromatic N) is 3. The van der Waals surface area contributed by atoms with Crippen molar-refractivity contribution < 1.29 is 19.1 Å². The summed E-state index contributed by atoms with van der Waals surface area (Å²) in [6, 6.07) is 6.34. The van der Waals surface area contributed by atoms with Crippen molar-refractivity contribution in [2.75, 3.05) is 6.54 Å². The third kappa shape index (κ3) is 4.10. The molecule has 21 heavy (non-hydrogen) atoms. The summed E-state index contributed by atoms with van der Waals surface area (Å²) < 4.78 is 14.5. The molecule has 1 aromatic carbocycles. The van der Waals surface area contributed by atoms with Crippen molar-refractivity contribution in [2.24, 2.45) is 0 Å². The maximum absolute atomic E-state index is 13.3. The Labute approximate surface area is 119 Å². The average Bonchev–Trinajstić information content (AvgIpc) is 2.89. The molecule has 0 saturated heterocycles. The van der Waals surface area contributed by atoms with Crippen LogP contribution in [0.4, 0.5) is 4.39 Å². The van der Waals surface area contributed by atoms with Crippen molar-refractivity contribution in [2.45, 2.75) is 13.0 Å². The summed E-state index contributed by atoms with van der Waals surface area (Å²) >= 11 is 0. The number of nitrogens with one attached hydrogen (secondary N) is 1. The van der Waals surface area contributed by atoms with E-state index >= 15 is 0 Å². The molecular weight excluding hydrogens is 279 g/mol. The monoisotopic (exact) mass is 292 g/mol. The number of hydrogen-bond acceptors (Lipinski definition) is 4. The molecule has 0 fully saturated rings. The van der Waals surface area contributed by atoms with Gasteiger partial charge in [0.1, 0.15) is 12.4 Å². The Kier molecular flexibility index (Phi) is 4.60. The molecule has 0 aliphatic heterocycles. The van der Waals surface area contributed by atoms with E-state index in [4.69, 9.17) is 5.11 Å². The predicted octanol–water partition coefficient (Wildman–Crippen LogP) is 0.474. The van der Waals surface area contributed by atoms with Crippen LogP contribution in [0.15, 0.2) is 30.5 Å². The highest BCUT2D eigenvalue weighted by Crippen LogP contribution is 2.06. The van der Waals surface area contributed by atoms with Crippen LogP contribution in [-0.4, -0.2) is 38.5 Å². The van der Waals surface area contributed by atoms with Gasteiger partial charge >= 0.3 is 5.97 Å². The molecule has 8 heteroatoms. The molecule has 1 aromatic heterocycles. The van der Waals surface area contributed by atoms with Gasteiger partial charge in [0.05, 0.1) is 6.20 Å². The van der Waals surface area contributed by atoms with Gasteiger partial charge in [-0.25, -0.2) is 13.9 Å². The number of benzene rings is 1. The number of carboxylic acids is 1. The Morgan fingerprint density at radius 2 is 2.10 bits per heavy atom. The Balaban J connectivity index is 1.79. The third-order valence-electron chi connectivity index (χ3n) is 2.74. The van der Waals surface area contributed by atoms with Crippen molar-refractivity contribution in [3.8, 4) is 0 Å². The minimum Gasteiger partial charge on any atom is -0.476 e. The summed E-state index contributed by atoms with van der Waals surface area (Å²) in [5, 5.41) is 18.2. The zero-order valence-corrected chi connectivity index (χ0v) is 11.0.